The zero-order valence-electron chi connectivity index (χ0n) is 27.4. The topological polar surface area (TPSA) is 33.7 Å². The van der Waals surface area contributed by atoms with Crippen LogP contribution in [-0.2, 0) is 13.0 Å². The summed E-state index contributed by atoms with van der Waals surface area (Å²) in [5.41, 5.74) is 1.63. The molecule has 1 N–H and O–H groups in total. The minimum Gasteiger partial charge on any atom is -0.490 e. The number of hydrogen-bond acceptors (Lipinski definition) is 4. The highest BCUT2D eigenvalue weighted by Gasteiger charge is 2.37. The first-order chi connectivity index (χ1) is 22.2. The number of halogens is 3. The molecule has 0 amide bonds. The van der Waals surface area contributed by atoms with E-state index in [0.29, 0.717) is 30.7 Å². The molecule has 1 aliphatic carbocycles. The Hall–Kier alpha value is -3.03. The number of rotatable bonds is 8. The van der Waals surface area contributed by atoms with Gasteiger partial charge in [-0.2, -0.15) is 0 Å². The lowest BCUT2D eigenvalue weighted by Crippen LogP contribution is -2.43. The molecule has 3 aromatic rings. The minimum absolute atomic E-state index is 0.0557. The first kappa shape index (κ1) is 32.9. The van der Waals surface area contributed by atoms with Crippen LogP contribution in [0.2, 0.25) is 0 Å². The Morgan fingerprint density at radius 1 is 0.870 bits per heavy atom. The minimum atomic E-state index is -1.53. The van der Waals surface area contributed by atoms with Gasteiger partial charge in [-0.15, -0.1) is 0 Å². The van der Waals surface area contributed by atoms with Crippen molar-refractivity contribution in [2.75, 3.05) is 26.2 Å². The number of fused-ring (bicyclic) bond motifs is 1. The largest absolute Gasteiger partial charge is 0.490 e. The van der Waals surface area contributed by atoms with E-state index in [9.17, 15) is 0 Å². The quantitative estimate of drug-likeness (QED) is 0.268. The van der Waals surface area contributed by atoms with Gasteiger partial charge >= 0.3 is 0 Å². The summed E-state index contributed by atoms with van der Waals surface area (Å²) in [6.45, 7) is 6.18. The Labute approximate surface area is 272 Å². The van der Waals surface area contributed by atoms with Crippen molar-refractivity contribution in [3.05, 3.63) is 94.6 Å². The molecule has 3 aromatic carbocycles. The van der Waals surface area contributed by atoms with Gasteiger partial charge in [-0.05, 0) is 125 Å². The van der Waals surface area contributed by atoms with Gasteiger partial charge in [0.2, 0.25) is 0 Å². The Kier molecular flexibility index (Phi) is 10.3. The van der Waals surface area contributed by atoms with Crippen molar-refractivity contribution in [2.45, 2.75) is 102 Å². The van der Waals surface area contributed by atoms with Gasteiger partial charge in [0.15, 0.2) is 0 Å². The van der Waals surface area contributed by atoms with E-state index in [4.69, 9.17) is 9.47 Å². The van der Waals surface area contributed by atoms with Crippen molar-refractivity contribution in [2.24, 2.45) is 5.41 Å². The van der Waals surface area contributed by atoms with Gasteiger partial charge in [0.1, 0.15) is 35.4 Å². The second kappa shape index (κ2) is 14.4. The summed E-state index contributed by atoms with van der Waals surface area (Å²) >= 11 is 0. The lowest BCUT2D eigenvalue weighted by atomic mass is 9.71. The monoisotopic (exact) mass is 634 g/mol. The van der Waals surface area contributed by atoms with Crippen LogP contribution in [0.25, 0.3) is 0 Å². The van der Waals surface area contributed by atoms with Gasteiger partial charge < -0.3 is 14.8 Å². The maximum Gasteiger partial charge on any atom is 0.134 e. The van der Waals surface area contributed by atoms with Crippen molar-refractivity contribution in [1.29, 1.82) is 0 Å². The summed E-state index contributed by atoms with van der Waals surface area (Å²) < 4.78 is 59.5. The number of benzene rings is 3. The highest BCUT2D eigenvalue weighted by molar-refractivity contribution is 5.46. The summed E-state index contributed by atoms with van der Waals surface area (Å²) in [7, 11) is 0. The molecule has 1 saturated heterocycles. The lowest BCUT2D eigenvalue weighted by molar-refractivity contribution is 0.0967. The molecule has 0 aromatic heterocycles. The van der Waals surface area contributed by atoms with E-state index in [2.05, 4.69) is 5.32 Å². The van der Waals surface area contributed by atoms with Crippen LogP contribution in [0.3, 0.4) is 0 Å². The predicted molar refractivity (Wildman–Crippen MR) is 177 cm³/mol. The summed E-state index contributed by atoms with van der Waals surface area (Å²) in [5.74, 6) is -0.383. The lowest BCUT2D eigenvalue weighted by Gasteiger charge is -2.40. The number of nitrogens with one attached hydrogen (secondary N) is 1. The van der Waals surface area contributed by atoms with Crippen LogP contribution in [0, 0.1) is 17.0 Å². The summed E-state index contributed by atoms with van der Waals surface area (Å²) in [4.78, 5) is 1.86. The van der Waals surface area contributed by atoms with Crippen LogP contribution >= 0.6 is 0 Å². The number of ether oxygens (including phenoxy) is 2. The molecule has 2 heterocycles. The fraction of sp³-hybridized carbons (Fsp3) is 0.538. The van der Waals surface area contributed by atoms with E-state index in [0.717, 1.165) is 55.5 Å². The zero-order valence-corrected chi connectivity index (χ0v) is 27.4. The van der Waals surface area contributed by atoms with E-state index in [1.807, 2.05) is 53.4 Å². The molecule has 1 spiro atoms. The average molecular weight is 635 g/mol. The molecule has 3 aliphatic rings. The van der Waals surface area contributed by atoms with Crippen LogP contribution in [-0.4, -0.2) is 42.9 Å². The second-order valence-corrected chi connectivity index (χ2v) is 14.4. The van der Waals surface area contributed by atoms with Gasteiger partial charge in [0.25, 0.3) is 0 Å². The van der Waals surface area contributed by atoms with Gasteiger partial charge in [0, 0.05) is 30.8 Å². The maximum atomic E-state index is 16.1. The first-order valence-corrected chi connectivity index (χ1v) is 17.3. The molecule has 2 fully saturated rings. The van der Waals surface area contributed by atoms with Gasteiger partial charge in [-0.3, -0.25) is 4.90 Å². The Morgan fingerprint density at radius 2 is 1.59 bits per heavy atom. The Morgan fingerprint density at radius 3 is 2.30 bits per heavy atom. The van der Waals surface area contributed by atoms with E-state index < -0.39 is 23.3 Å². The molecule has 2 aliphatic heterocycles. The molecule has 4 nitrogen and oxygen atoms in total. The molecular formula is C39H49F3N2O2. The normalized spacial score (nSPS) is 24.5. The van der Waals surface area contributed by atoms with Crippen molar-refractivity contribution >= 4 is 0 Å². The molecule has 0 bridgehead atoms. The summed E-state index contributed by atoms with van der Waals surface area (Å²) in [6.07, 6.45) is 10.6. The van der Waals surface area contributed by atoms with Crippen molar-refractivity contribution in [1.82, 2.24) is 10.2 Å². The number of nitrogens with zero attached hydrogens (tertiary/aromatic N) is 1. The van der Waals surface area contributed by atoms with Gasteiger partial charge in [-0.1, -0.05) is 36.4 Å². The smallest absolute Gasteiger partial charge is 0.134 e. The molecule has 1 unspecified atom stereocenters. The molecule has 1 saturated carbocycles. The third-order valence-corrected chi connectivity index (χ3v) is 10.3. The molecule has 248 valence electrons. The van der Waals surface area contributed by atoms with Crippen molar-refractivity contribution in [3.63, 3.8) is 0 Å². The zero-order chi connectivity index (χ0) is 32.1. The summed E-state index contributed by atoms with van der Waals surface area (Å²) in [6, 6.07) is 17.5. The molecular weight excluding hydrogens is 585 g/mol. The standard InChI is InChI=1S/C39H49F3N2O2/c1-38(2,42)27-44-22-15-29-23-31(45-26-28-9-4-3-5-10-28)13-14-33(29)37(44)36-34(40)24-32(25-35(36)41)46-30-11-6-16-39(17-7-12-30)18-8-20-43-21-19-39/h3-5,9-10,13-14,23-25,30,37,43H,6-8,11-12,15-22,26-27H2,1-2H3. The van der Waals surface area contributed by atoms with E-state index in [-0.39, 0.29) is 24.0 Å². The second-order valence-electron chi connectivity index (χ2n) is 14.4. The molecule has 46 heavy (non-hydrogen) atoms. The summed E-state index contributed by atoms with van der Waals surface area (Å²) in [5, 5.41) is 3.54. The first-order valence-electron chi connectivity index (χ1n) is 17.3. The van der Waals surface area contributed by atoms with Crippen molar-refractivity contribution < 1.29 is 22.6 Å². The highest BCUT2D eigenvalue weighted by Crippen LogP contribution is 2.44. The van der Waals surface area contributed by atoms with Crippen molar-refractivity contribution in [3.8, 4) is 11.5 Å². The number of alkyl halides is 1. The van der Waals surface area contributed by atoms with E-state index >= 15 is 13.2 Å². The SMILES string of the molecule is CC(C)(F)CN1CCc2cc(OCc3ccccc3)ccc2C1c1c(F)cc(OC2CCCC3(CCCNCC3)CCC2)cc1F. The van der Waals surface area contributed by atoms with Gasteiger partial charge in [0.05, 0.1) is 12.1 Å². The van der Waals surface area contributed by atoms with Crippen LogP contribution in [0.5, 0.6) is 11.5 Å². The molecule has 0 radical (unpaired) electrons. The average Bonchev–Trinajstić information content (AvgIpc) is 3.25. The molecule has 6 rings (SSSR count). The fourth-order valence-corrected chi connectivity index (χ4v) is 8.05. The van der Waals surface area contributed by atoms with Crippen LogP contribution in [0.15, 0.2) is 60.7 Å². The van der Waals surface area contributed by atoms with E-state index in [1.165, 1.54) is 58.1 Å². The maximum absolute atomic E-state index is 16.1. The van der Waals surface area contributed by atoms with Crippen LogP contribution < -0.4 is 14.8 Å². The molecule has 7 heteroatoms. The van der Waals surface area contributed by atoms with Crippen LogP contribution in [0.4, 0.5) is 13.2 Å². The fourth-order valence-electron chi connectivity index (χ4n) is 8.05. The van der Waals surface area contributed by atoms with Crippen LogP contribution in [0.1, 0.15) is 99.9 Å². The van der Waals surface area contributed by atoms with Gasteiger partial charge in [-0.25, -0.2) is 13.2 Å². The Balaban J connectivity index is 1.20. The predicted octanol–water partition coefficient (Wildman–Crippen LogP) is 9.10. The van der Waals surface area contributed by atoms with E-state index in [1.54, 1.807) is 0 Å². The third-order valence-electron chi connectivity index (χ3n) is 10.3. The highest BCUT2D eigenvalue weighted by atomic mass is 19.1. The third kappa shape index (κ3) is 8.09. The molecule has 1 atom stereocenters. The Bertz CT molecular complexity index is 1410. The number of hydrogen-bond donors (Lipinski definition) is 1.